The van der Waals surface area contributed by atoms with Crippen LogP contribution in [0.4, 0.5) is 0 Å². The lowest BCUT2D eigenvalue weighted by Gasteiger charge is -2.14. The first-order valence-corrected chi connectivity index (χ1v) is 4.03. The number of hydrogen-bond acceptors (Lipinski definition) is 3. The molecule has 0 radical (unpaired) electrons. The molecule has 0 spiro atoms. The van der Waals surface area contributed by atoms with Crippen LogP contribution in [-0.2, 0) is 4.84 Å². The lowest BCUT2D eigenvalue weighted by Crippen LogP contribution is -2.34. The highest BCUT2D eigenvalue weighted by Crippen LogP contribution is 2.13. The molecule has 0 bridgehead atoms. The number of hydrazine groups is 1. The second-order valence-corrected chi connectivity index (χ2v) is 2.90. The van der Waals surface area contributed by atoms with Gasteiger partial charge in [0.05, 0.1) is 0 Å². The average Bonchev–Trinajstić information content (AvgIpc) is 2.31. The molecule has 0 saturated carbocycles. The molecule has 1 rings (SSSR count). The molecular formula is C6H7IN2O. The van der Waals surface area contributed by atoms with E-state index in [4.69, 9.17) is 4.84 Å². The number of rotatable bonds is 1. The van der Waals surface area contributed by atoms with Crippen molar-refractivity contribution in [3.8, 4) is 12.0 Å². The van der Waals surface area contributed by atoms with E-state index >= 15 is 0 Å². The SMILES string of the molecule is CC#CNN1OC=CC1I. The van der Waals surface area contributed by atoms with Crippen molar-refractivity contribution in [3.63, 3.8) is 0 Å². The van der Waals surface area contributed by atoms with Crippen molar-refractivity contribution in [2.24, 2.45) is 0 Å². The van der Waals surface area contributed by atoms with E-state index in [1.165, 1.54) is 0 Å². The van der Waals surface area contributed by atoms with Crippen LogP contribution >= 0.6 is 22.6 Å². The van der Waals surface area contributed by atoms with E-state index in [2.05, 4.69) is 40.0 Å². The summed E-state index contributed by atoms with van der Waals surface area (Å²) in [5.41, 5.74) is 2.76. The van der Waals surface area contributed by atoms with Gasteiger partial charge in [0.15, 0.2) is 0 Å². The van der Waals surface area contributed by atoms with E-state index in [1.807, 2.05) is 6.08 Å². The number of hydrogen-bond donors (Lipinski definition) is 1. The Hall–Kier alpha value is -0.410. The van der Waals surface area contributed by atoms with Gasteiger partial charge in [-0.25, -0.2) is 5.43 Å². The third kappa shape index (κ3) is 1.78. The molecule has 0 aromatic heterocycles. The number of nitrogens with one attached hydrogen (secondary N) is 1. The molecule has 1 unspecified atom stereocenters. The van der Waals surface area contributed by atoms with E-state index in [9.17, 15) is 0 Å². The molecule has 1 N–H and O–H groups in total. The molecule has 0 aromatic rings. The molecule has 1 aliphatic heterocycles. The molecule has 0 aliphatic carbocycles. The maximum Gasteiger partial charge on any atom is 0.141 e. The summed E-state index contributed by atoms with van der Waals surface area (Å²) in [5.74, 6) is 2.70. The van der Waals surface area contributed by atoms with Gasteiger partial charge >= 0.3 is 0 Å². The molecular weight excluding hydrogens is 243 g/mol. The van der Waals surface area contributed by atoms with Gasteiger partial charge in [-0.2, -0.15) is 0 Å². The minimum atomic E-state index is 0.221. The van der Waals surface area contributed by atoms with Gasteiger partial charge in [-0.3, -0.25) is 0 Å². The van der Waals surface area contributed by atoms with Crippen molar-refractivity contribution >= 4 is 22.6 Å². The van der Waals surface area contributed by atoms with Crippen LogP contribution in [0, 0.1) is 12.0 Å². The molecule has 1 heterocycles. The van der Waals surface area contributed by atoms with Crippen LogP contribution in [0.5, 0.6) is 0 Å². The van der Waals surface area contributed by atoms with Crippen LogP contribution in [-0.4, -0.2) is 9.22 Å². The number of alkyl halides is 1. The van der Waals surface area contributed by atoms with E-state index in [-0.39, 0.29) is 4.05 Å². The highest BCUT2D eigenvalue weighted by Gasteiger charge is 2.16. The summed E-state index contributed by atoms with van der Waals surface area (Å²) in [6.45, 7) is 1.76. The zero-order chi connectivity index (χ0) is 7.40. The van der Waals surface area contributed by atoms with Crippen molar-refractivity contribution in [2.75, 3.05) is 0 Å². The molecule has 1 aliphatic rings. The van der Waals surface area contributed by atoms with Gasteiger partial charge in [-0.05, 0) is 18.2 Å². The lowest BCUT2D eigenvalue weighted by atomic mass is 10.6. The van der Waals surface area contributed by atoms with Gasteiger partial charge in [0, 0.05) is 6.04 Å². The fourth-order valence-corrected chi connectivity index (χ4v) is 0.941. The molecule has 0 fully saturated rings. The third-order valence-electron chi connectivity index (χ3n) is 0.927. The lowest BCUT2D eigenvalue weighted by molar-refractivity contribution is -0.109. The summed E-state index contributed by atoms with van der Waals surface area (Å²) in [5, 5.41) is 1.57. The summed E-state index contributed by atoms with van der Waals surface area (Å²) in [7, 11) is 0. The van der Waals surface area contributed by atoms with Crippen molar-refractivity contribution in [3.05, 3.63) is 12.3 Å². The number of hydroxylamine groups is 1. The maximum atomic E-state index is 5.00. The molecule has 54 valence electrons. The fraction of sp³-hybridized carbons (Fsp3) is 0.333. The largest absolute Gasteiger partial charge is 0.392 e. The summed E-state index contributed by atoms with van der Waals surface area (Å²) in [6, 6.07) is 2.68. The van der Waals surface area contributed by atoms with Crippen molar-refractivity contribution < 1.29 is 4.84 Å². The summed E-state index contributed by atoms with van der Waals surface area (Å²) in [6.07, 6.45) is 3.55. The Labute approximate surface area is 73.5 Å². The summed E-state index contributed by atoms with van der Waals surface area (Å²) >= 11 is 2.22. The molecule has 1 atom stereocenters. The Morgan fingerprint density at radius 2 is 2.60 bits per heavy atom. The van der Waals surface area contributed by atoms with Crippen LogP contribution < -0.4 is 5.43 Å². The van der Waals surface area contributed by atoms with Gasteiger partial charge in [-0.15, -0.1) is 0 Å². The highest BCUT2D eigenvalue weighted by molar-refractivity contribution is 14.1. The average molecular weight is 250 g/mol. The topological polar surface area (TPSA) is 24.5 Å². The number of halogens is 1. The van der Waals surface area contributed by atoms with Crippen molar-refractivity contribution in [1.82, 2.24) is 10.6 Å². The molecule has 4 heteroatoms. The van der Waals surface area contributed by atoms with Gasteiger partial charge in [0.1, 0.15) is 10.3 Å². The Morgan fingerprint density at radius 1 is 1.80 bits per heavy atom. The second kappa shape index (κ2) is 3.68. The van der Waals surface area contributed by atoms with Crippen LogP contribution in [0.3, 0.4) is 0 Å². The van der Waals surface area contributed by atoms with E-state index in [0.717, 1.165) is 0 Å². The van der Waals surface area contributed by atoms with Gasteiger partial charge < -0.3 is 4.84 Å². The first-order valence-electron chi connectivity index (χ1n) is 2.78. The quantitative estimate of drug-likeness (QED) is 0.247. The first-order chi connectivity index (χ1) is 4.84. The van der Waals surface area contributed by atoms with Gasteiger partial charge in [0.2, 0.25) is 0 Å². The zero-order valence-corrected chi connectivity index (χ0v) is 7.62. The molecule has 3 nitrogen and oxygen atoms in total. The smallest absolute Gasteiger partial charge is 0.141 e. The molecule has 0 amide bonds. The maximum absolute atomic E-state index is 5.00. The molecule has 10 heavy (non-hydrogen) atoms. The Balaban J connectivity index is 2.34. The zero-order valence-electron chi connectivity index (χ0n) is 5.47. The summed E-state index contributed by atoms with van der Waals surface area (Å²) < 4.78 is 0.221. The highest BCUT2D eigenvalue weighted by atomic mass is 127. The normalized spacial score (nSPS) is 23.2. The van der Waals surface area contributed by atoms with E-state index in [0.29, 0.717) is 0 Å². The minimum absolute atomic E-state index is 0.221. The number of nitrogens with zero attached hydrogens (tertiary/aromatic N) is 1. The van der Waals surface area contributed by atoms with Crippen LogP contribution in [0.1, 0.15) is 6.92 Å². The minimum Gasteiger partial charge on any atom is -0.392 e. The van der Waals surface area contributed by atoms with Crippen LogP contribution in [0.15, 0.2) is 12.3 Å². The van der Waals surface area contributed by atoms with Gasteiger partial charge in [-0.1, -0.05) is 28.5 Å². The van der Waals surface area contributed by atoms with Gasteiger partial charge in [0.25, 0.3) is 0 Å². The van der Waals surface area contributed by atoms with Crippen molar-refractivity contribution in [2.45, 2.75) is 11.0 Å². The second-order valence-electron chi connectivity index (χ2n) is 1.62. The summed E-state index contributed by atoms with van der Waals surface area (Å²) in [4.78, 5) is 5.00. The standard InChI is InChI=1S/C6H7IN2O/c1-2-4-8-9-6(7)3-5-10-9/h3,5-6,8H,1H3. The predicted molar refractivity (Wildman–Crippen MR) is 46.5 cm³/mol. The Morgan fingerprint density at radius 3 is 3.10 bits per heavy atom. The van der Waals surface area contributed by atoms with E-state index < -0.39 is 0 Å². The first kappa shape index (κ1) is 7.69. The predicted octanol–water partition coefficient (Wildman–Crippen LogP) is 0.994. The monoisotopic (exact) mass is 250 g/mol. The Kier molecular flexibility index (Phi) is 2.83. The van der Waals surface area contributed by atoms with Crippen LogP contribution in [0.2, 0.25) is 0 Å². The fourth-order valence-electron chi connectivity index (χ4n) is 0.501. The Bertz CT molecular complexity index is 194. The molecule has 0 saturated heterocycles. The molecule has 0 aromatic carbocycles. The van der Waals surface area contributed by atoms with Crippen LogP contribution in [0.25, 0.3) is 0 Å². The van der Waals surface area contributed by atoms with Crippen molar-refractivity contribution in [1.29, 1.82) is 0 Å². The third-order valence-corrected chi connectivity index (χ3v) is 1.85. The van der Waals surface area contributed by atoms with E-state index in [1.54, 1.807) is 18.4 Å².